The molecule has 2 aliphatic rings. The quantitative estimate of drug-likeness (QED) is 0.735. The van der Waals surface area contributed by atoms with Crippen LogP contribution >= 0.6 is 11.3 Å². The Balaban J connectivity index is 1.39. The van der Waals surface area contributed by atoms with Gasteiger partial charge in [0.15, 0.2) is 0 Å². The lowest BCUT2D eigenvalue weighted by molar-refractivity contribution is 0.0730. The van der Waals surface area contributed by atoms with Crippen molar-refractivity contribution < 1.29 is 17.9 Å². The lowest BCUT2D eigenvalue weighted by Crippen LogP contribution is -2.48. The van der Waals surface area contributed by atoms with Crippen molar-refractivity contribution >= 4 is 33.1 Å². The summed E-state index contributed by atoms with van der Waals surface area (Å²) in [6, 6.07) is 7.07. The minimum atomic E-state index is -3.53. The highest BCUT2D eigenvalue weighted by Crippen LogP contribution is 2.21. The third-order valence-corrected chi connectivity index (χ3v) is 7.69. The Hall–Kier alpha value is -2.01. The molecule has 0 atom stereocenters. The fourth-order valence-corrected chi connectivity index (χ4v) is 5.39. The van der Waals surface area contributed by atoms with Crippen molar-refractivity contribution in [1.82, 2.24) is 14.2 Å². The normalized spacial score (nSPS) is 19.0. The van der Waals surface area contributed by atoms with E-state index in [4.69, 9.17) is 4.74 Å². The van der Waals surface area contributed by atoms with Gasteiger partial charge in [0.25, 0.3) is 5.91 Å². The zero-order valence-corrected chi connectivity index (χ0v) is 17.0. The summed E-state index contributed by atoms with van der Waals surface area (Å²) < 4.78 is 32.0. The highest BCUT2D eigenvalue weighted by molar-refractivity contribution is 7.89. The van der Waals surface area contributed by atoms with Gasteiger partial charge >= 0.3 is 0 Å². The van der Waals surface area contributed by atoms with E-state index in [0.29, 0.717) is 52.5 Å². The zero-order valence-electron chi connectivity index (χ0n) is 15.4. The second-order valence-electron chi connectivity index (χ2n) is 6.63. The van der Waals surface area contributed by atoms with E-state index in [-0.39, 0.29) is 10.8 Å². The number of aromatic nitrogens is 1. The molecule has 0 bridgehead atoms. The number of anilines is 1. The van der Waals surface area contributed by atoms with Gasteiger partial charge in [0, 0.05) is 45.5 Å². The monoisotopic (exact) mass is 422 g/mol. The molecule has 2 fully saturated rings. The van der Waals surface area contributed by atoms with Crippen LogP contribution < -0.4 is 4.90 Å². The van der Waals surface area contributed by atoms with Crippen LogP contribution in [0.3, 0.4) is 0 Å². The summed E-state index contributed by atoms with van der Waals surface area (Å²) in [7, 11) is -3.53. The summed E-state index contributed by atoms with van der Waals surface area (Å²) in [5, 5.41) is 1.90. The second-order valence-corrected chi connectivity index (χ2v) is 9.51. The summed E-state index contributed by atoms with van der Waals surface area (Å²) in [5.74, 6) is 0.790. The zero-order chi connectivity index (χ0) is 19.6. The molecule has 10 heteroatoms. The number of hydrogen-bond donors (Lipinski definition) is 0. The van der Waals surface area contributed by atoms with E-state index in [0.717, 1.165) is 10.7 Å². The Morgan fingerprint density at radius 2 is 1.79 bits per heavy atom. The van der Waals surface area contributed by atoms with E-state index < -0.39 is 10.0 Å². The molecule has 0 aromatic carbocycles. The number of piperazine rings is 1. The number of sulfonamides is 1. The summed E-state index contributed by atoms with van der Waals surface area (Å²) in [6.07, 6.45) is 1.42. The predicted octanol–water partition coefficient (Wildman–Crippen LogP) is 1.13. The minimum Gasteiger partial charge on any atom is -0.379 e. The molecule has 0 aliphatic carbocycles. The first-order valence-electron chi connectivity index (χ1n) is 9.17. The molecular weight excluding hydrogens is 400 g/mol. The van der Waals surface area contributed by atoms with E-state index in [1.54, 1.807) is 12.1 Å². The van der Waals surface area contributed by atoms with Gasteiger partial charge in [-0.3, -0.25) is 4.79 Å². The fourth-order valence-electron chi connectivity index (χ4n) is 3.34. The van der Waals surface area contributed by atoms with Crippen molar-refractivity contribution in [3.05, 3.63) is 40.7 Å². The minimum absolute atomic E-state index is 0.0644. The van der Waals surface area contributed by atoms with Gasteiger partial charge in [0.2, 0.25) is 10.0 Å². The van der Waals surface area contributed by atoms with Crippen molar-refractivity contribution in [2.75, 3.05) is 57.4 Å². The lowest BCUT2D eigenvalue weighted by Gasteiger charge is -2.35. The molecule has 0 saturated carbocycles. The van der Waals surface area contributed by atoms with Crippen LogP contribution in [-0.2, 0) is 14.8 Å². The lowest BCUT2D eigenvalue weighted by atomic mass is 10.3. The number of rotatable bonds is 4. The highest BCUT2D eigenvalue weighted by atomic mass is 32.2. The molecule has 28 heavy (non-hydrogen) atoms. The van der Waals surface area contributed by atoms with Gasteiger partial charge in [-0.1, -0.05) is 6.07 Å². The molecule has 0 spiro atoms. The molecule has 2 aliphatic heterocycles. The van der Waals surface area contributed by atoms with Crippen LogP contribution in [0.25, 0.3) is 0 Å². The second kappa shape index (κ2) is 8.16. The Morgan fingerprint density at radius 3 is 2.39 bits per heavy atom. The first kappa shape index (κ1) is 19.3. The summed E-state index contributed by atoms with van der Waals surface area (Å²) in [4.78, 5) is 21.7. The van der Waals surface area contributed by atoms with Gasteiger partial charge < -0.3 is 14.5 Å². The van der Waals surface area contributed by atoms with E-state index in [9.17, 15) is 13.2 Å². The molecule has 0 N–H and O–H groups in total. The summed E-state index contributed by atoms with van der Waals surface area (Å²) >= 11 is 1.45. The summed E-state index contributed by atoms with van der Waals surface area (Å²) in [5.41, 5.74) is 0. The highest BCUT2D eigenvalue weighted by Gasteiger charge is 2.27. The number of carbonyl (C=O) groups excluding carboxylic acids is 1. The number of morpholine rings is 1. The molecule has 1 amide bonds. The van der Waals surface area contributed by atoms with E-state index in [1.807, 2.05) is 22.4 Å². The van der Waals surface area contributed by atoms with Gasteiger partial charge in [-0.05, 0) is 23.6 Å². The molecule has 4 heterocycles. The fraction of sp³-hybridized carbons (Fsp3) is 0.444. The molecule has 2 aromatic heterocycles. The third-order valence-electron chi connectivity index (χ3n) is 4.95. The Kier molecular flexibility index (Phi) is 5.63. The van der Waals surface area contributed by atoms with Gasteiger partial charge in [0.05, 0.1) is 18.1 Å². The number of hydrogen-bond acceptors (Lipinski definition) is 7. The Morgan fingerprint density at radius 1 is 1.04 bits per heavy atom. The smallest absolute Gasteiger partial charge is 0.264 e. The first-order chi connectivity index (χ1) is 13.6. The van der Waals surface area contributed by atoms with Crippen molar-refractivity contribution in [1.29, 1.82) is 0 Å². The molecule has 4 rings (SSSR count). The van der Waals surface area contributed by atoms with Crippen LogP contribution in [-0.4, -0.2) is 81.0 Å². The average molecular weight is 423 g/mol. The average Bonchev–Trinajstić information content (AvgIpc) is 3.29. The summed E-state index contributed by atoms with van der Waals surface area (Å²) in [6.45, 7) is 4.13. The van der Waals surface area contributed by atoms with Crippen LogP contribution in [0.5, 0.6) is 0 Å². The Labute approximate surface area is 168 Å². The number of amides is 1. The molecule has 8 nitrogen and oxygen atoms in total. The number of pyridine rings is 1. The number of carbonyl (C=O) groups is 1. The van der Waals surface area contributed by atoms with Crippen LogP contribution in [0.15, 0.2) is 40.7 Å². The van der Waals surface area contributed by atoms with Crippen LogP contribution in [0.1, 0.15) is 9.67 Å². The van der Waals surface area contributed by atoms with E-state index >= 15 is 0 Å². The SMILES string of the molecule is O=C(c1cccs1)N1CCN(c2ccc(S(=O)(=O)N3CCOCC3)cn2)CC1. The third kappa shape index (κ3) is 3.90. The van der Waals surface area contributed by atoms with Gasteiger partial charge in [-0.2, -0.15) is 4.31 Å². The van der Waals surface area contributed by atoms with Gasteiger partial charge in [0.1, 0.15) is 10.7 Å². The van der Waals surface area contributed by atoms with E-state index in [1.165, 1.54) is 21.8 Å². The van der Waals surface area contributed by atoms with Crippen molar-refractivity contribution in [3.8, 4) is 0 Å². The molecule has 2 saturated heterocycles. The molecule has 150 valence electrons. The van der Waals surface area contributed by atoms with Crippen LogP contribution in [0.2, 0.25) is 0 Å². The maximum Gasteiger partial charge on any atom is 0.264 e. The number of thiophene rings is 1. The molecule has 0 unspecified atom stereocenters. The van der Waals surface area contributed by atoms with Gasteiger partial charge in [-0.15, -0.1) is 11.3 Å². The standard InChI is InChI=1S/C18H22N4O4S2/c23-18(16-2-1-13-27-16)21-7-5-20(6-8-21)17-4-3-15(14-19-17)28(24,25)22-9-11-26-12-10-22/h1-4,13-14H,5-12H2. The van der Waals surface area contributed by atoms with Gasteiger partial charge in [-0.25, -0.2) is 13.4 Å². The molecule has 2 aromatic rings. The maximum atomic E-state index is 12.7. The number of nitrogens with zero attached hydrogens (tertiary/aromatic N) is 4. The largest absolute Gasteiger partial charge is 0.379 e. The molecule has 0 radical (unpaired) electrons. The topological polar surface area (TPSA) is 83.1 Å². The first-order valence-corrected chi connectivity index (χ1v) is 11.5. The van der Waals surface area contributed by atoms with Crippen LogP contribution in [0, 0.1) is 0 Å². The van der Waals surface area contributed by atoms with Crippen LogP contribution in [0.4, 0.5) is 5.82 Å². The Bertz CT molecular complexity index is 902. The van der Waals surface area contributed by atoms with Crippen molar-refractivity contribution in [3.63, 3.8) is 0 Å². The van der Waals surface area contributed by atoms with Crippen molar-refractivity contribution in [2.45, 2.75) is 4.90 Å². The predicted molar refractivity (Wildman–Crippen MR) is 106 cm³/mol. The van der Waals surface area contributed by atoms with Crippen molar-refractivity contribution in [2.24, 2.45) is 0 Å². The van der Waals surface area contributed by atoms with E-state index in [2.05, 4.69) is 9.88 Å². The number of ether oxygens (including phenoxy) is 1. The molecular formula is C18H22N4O4S2. The maximum absolute atomic E-state index is 12.7.